The molecule has 1 amide bonds. The summed E-state index contributed by atoms with van der Waals surface area (Å²) in [5.74, 6) is 0.902. The van der Waals surface area contributed by atoms with Crippen LogP contribution in [0.4, 0.5) is 11.4 Å². The molecule has 0 saturated heterocycles. The monoisotopic (exact) mass is 575 g/mol. The highest BCUT2D eigenvalue weighted by Gasteiger charge is 2.21. The number of thiophene rings is 1. The fourth-order valence-electron chi connectivity index (χ4n) is 4.22. The lowest BCUT2D eigenvalue weighted by Crippen LogP contribution is -2.17. The minimum atomic E-state index is -3.82. The van der Waals surface area contributed by atoms with E-state index in [2.05, 4.69) is 10.0 Å². The van der Waals surface area contributed by atoms with E-state index in [0.29, 0.717) is 50.7 Å². The lowest BCUT2D eigenvalue weighted by Gasteiger charge is -2.16. The van der Waals surface area contributed by atoms with Gasteiger partial charge in [0.1, 0.15) is 4.21 Å². The fraction of sp³-hybridized carbons (Fsp3) is 0.103. The third-order valence-corrected chi connectivity index (χ3v) is 8.86. The molecule has 9 nitrogen and oxygen atoms in total. The SMILES string of the molecule is COc1cc(-c2cc(C(=O)Nc3ccccc3NS(=O)(=O)c3cccs3)c3ccccc3n2)cc(OC)c1OC. The molecule has 3 aromatic carbocycles. The number of pyridine rings is 1. The number of rotatable bonds is 9. The summed E-state index contributed by atoms with van der Waals surface area (Å²) in [4.78, 5) is 18.5. The number of hydrogen-bond acceptors (Lipinski definition) is 8. The fourth-order valence-corrected chi connectivity index (χ4v) is 6.29. The number of ether oxygens (including phenoxy) is 3. The van der Waals surface area contributed by atoms with Crippen molar-refractivity contribution in [1.29, 1.82) is 0 Å². The maximum absolute atomic E-state index is 13.7. The third kappa shape index (κ3) is 5.29. The number of fused-ring (bicyclic) bond motifs is 1. The zero-order chi connectivity index (χ0) is 28.3. The number of methoxy groups -OCH3 is 3. The highest BCUT2D eigenvalue weighted by atomic mass is 32.2. The summed E-state index contributed by atoms with van der Waals surface area (Å²) < 4.78 is 44.9. The van der Waals surface area contributed by atoms with E-state index in [4.69, 9.17) is 19.2 Å². The number of hydrogen-bond donors (Lipinski definition) is 2. The Balaban J connectivity index is 1.56. The second-order valence-corrected chi connectivity index (χ2v) is 11.4. The van der Waals surface area contributed by atoms with Gasteiger partial charge in [0.05, 0.1) is 49.5 Å². The van der Waals surface area contributed by atoms with E-state index in [0.717, 1.165) is 11.3 Å². The lowest BCUT2D eigenvalue weighted by molar-refractivity contribution is 0.102. The number of para-hydroxylation sites is 3. The summed E-state index contributed by atoms with van der Waals surface area (Å²) in [6, 6.07) is 22.3. The van der Waals surface area contributed by atoms with Gasteiger partial charge in [0.2, 0.25) is 5.75 Å². The molecule has 0 fully saturated rings. The van der Waals surface area contributed by atoms with E-state index in [-0.39, 0.29) is 9.90 Å². The van der Waals surface area contributed by atoms with Crippen LogP contribution in [0.2, 0.25) is 0 Å². The van der Waals surface area contributed by atoms with Gasteiger partial charge < -0.3 is 19.5 Å². The zero-order valence-electron chi connectivity index (χ0n) is 21.8. The van der Waals surface area contributed by atoms with Crippen LogP contribution < -0.4 is 24.2 Å². The summed E-state index contributed by atoms with van der Waals surface area (Å²) in [5.41, 5.74) is 2.67. The maximum Gasteiger partial charge on any atom is 0.271 e. The molecule has 204 valence electrons. The van der Waals surface area contributed by atoms with Crippen LogP contribution >= 0.6 is 11.3 Å². The largest absolute Gasteiger partial charge is 0.493 e. The molecule has 11 heteroatoms. The molecule has 0 bridgehead atoms. The van der Waals surface area contributed by atoms with Gasteiger partial charge in [0.25, 0.3) is 15.9 Å². The first kappa shape index (κ1) is 27.0. The number of nitrogens with zero attached hydrogens (tertiary/aromatic N) is 1. The first-order valence-corrected chi connectivity index (χ1v) is 14.4. The van der Waals surface area contributed by atoms with Gasteiger partial charge in [-0.2, -0.15) is 0 Å². The number of benzene rings is 3. The van der Waals surface area contributed by atoms with Crippen LogP contribution in [0.5, 0.6) is 17.2 Å². The van der Waals surface area contributed by atoms with Gasteiger partial charge in [0, 0.05) is 10.9 Å². The average Bonchev–Trinajstić information content (AvgIpc) is 3.53. The van der Waals surface area contributed by atoms with Gasteiger partial charge in [-0.15, -0.1) is 11.3 Å². The highest BCUT2D eigenvalue weighted by Crippen LogP contribution is 2.41. The van der Waals surface area contributed by atoms with Crippen molar-refractivity contribution in [2.24, 2.45) is 0 Å². The maximum atomic E-state index is 13.7. The molecule has 40 heavy (non-hydrogen) atoms. The first-order chi connectivity index (χ1) is 19.3. The Hall–Kier alpha value is -4.61. The van der Waals surface area contributed by atoms with Gasteiger partial charge >= 0.3 is 0 Å². The molecule has 0 radical (unpaired) electrons. The number of carbonyl (C=O) groups is 1. The third-order valence-electron chi connectivity index (χ3n) is 6.10. The average molecular weight is 576 g/mol. The van der Waals surface area contributed by atoms with E-state index >= 15 is 0 Å². The Morgan fingerprint density at radius 1 is 0.825 bits per heavy atom. The summed E-state index contributed by atoms with van der Waals surface area (Å²) in [6.07, 6.45) is 0. The molecule has 0 atom stereocenters. The van der Waals surface area contributed by atoms with Crippen LogP contribution in [0.3, 0.4) is 0 Å². The molecular formula is C29H25N3O6S2. The van der Waals surface area contributed by atoms with Crippen LogP contribution in [0.15, 0.2) is 88.5 Å². The minimum Gasteiger partial charge on any atom is -0.493 e. The summed E-state index contributed by atoms with van der Waals surface area (Å²) in [7, 11) is 0.758. The second-order valence-electron chi connectivity index (χ2n) is 8.52. The van der Waals surface area contributed by atoms with Crippen molar-refractivity contribution < 1.29 is 27.4 Å². The normalized spacial score (nSPS) is 11.2. The van der Waals surface area contributed by atoms with Crippen LogP contribution in [0.25, 0.3) is 22.2 Å². The lowest BCUT2D eigenvalue weighted by atomic mass is 10.0. The van der Waals surface area contributed by atoms with E-state index in [1.807, 2.05) is 24.3 Å². The zero-order valence-corrected chi connectivity index (χ0v) is 23.4. The van der Waals surface area contributed by atoms with E-state index in [9.17, 15) is 13.2 Å². The Morgan fingerprint density at radius 2 is 1.50 bits per heavy atom. The molecule has 0 aliphatic rings. The molecule has 2 N–H and O–H groups in total. The predicted octanol–water partition coefficient (Wildman–Crippen LogP) is 6.04. The standard InChI is InChI=1S/C29H25N3O6S2/c1-36-25-15-18(16-26(37-2)28(25)38-3)24-17-20(19-9-4-5-10-21(19)30-24)29(33)31-22-11-6-7-12-23(22)32-40(34,35)27-13-8-14-39-27/h4-17,32H,1-3H3,(H,31,33). The molecule has 0 spiro atoms. The Labute approximate surface area is 235 Å². The van der Waals surface area contributed by atoms with Gasteiger partial charge in [-0.3, -0.25) is 9.52 Å². The molecule has 5 rings (SSSR count). The first-order valence-electron chi connectivity index (χ1n) is 12.0. The molecule has 0 aliphatic heterocycles. The molecule has 0 saturated carbocycles. The van der Waals surface area contributed by atoms with Gasteiger partial charge in [-0.1, -0.05) is 36.4 Å². The Morgan fingerprint density at radius 3 is 2.15 bits per heavy atom. The predicted molar refractivity (Wildman–Crippen MR) is 156 cm³/mol. The smallest absolute Gasteiger partial charge is 0.271 e. The molecule has 0 aliphatic carbocycles. The molecular weight excluding hydrogens is 550 g/mol. The van der Waals surface area contributed by atoms with Crippen LogP contribution in [0, 0.1) is 0 Å². The van der Waals surface area contributed by atoms with Crippen LogP contribution in [-0.2, 0) is 10.0 Å². The van der Waals surface area contributed by atoms with E-state index < -0.39 is 15.9 Å². The highest BCUT2D eigenvalue weighted by molar-refractivity contribution is 7.94. The number of amides is 1. The molecule has 2 heterocycles. The van der Waals surface area contributed by atoms with Gasteiger partial charge in [0.15, 0.2) is 11.5 Å². The summed E-state index contributed by atoms with van der Waals surface area (Å²) in [5, 5.41) is 5.18. The molecule has 0 unspecified atom stereocenters. The number of aromatic nitrogens is 1. The van der Waals surface area contributed by atoms with Crippen molar-refractivity contribution in [3.05, 3.63) is 89.8 Å². The molecule has 2 aromatic heterocycles. The Kier molecular flexibility index (Phi) is 7.58. The van der Waals surface area contributed by atoms with Crippen LogP contribution in [-0.4, -0.2) is 40.6 Å². The van der Waals surface area contributed by atoms with Crippen molar-refractivity contribution >= 4 is 49.5 Å². The number of nitrogens with one attached hydrogen (secondary N) is 2. The van der Waals surface area contributed by atoms with E-state index in [1.165, 1.54) is 27.4 Å². The summed E-state index contributed by atoms with van der Waals surface area (Å²) >= 11 is 1.10. The van der Waals surface area contributed by atoms with Gasteiger partial charge in [-0.05, 0) is 47.8 Å². The number of sulfonamides is 1. The van der Waals surface area contributed by atoms with Crippen molar-refractivity contribution in [2.75, 3.05) is 31.4 Å². The van der Waals surface area contributed by atoms with Gasteiger partial charge in [-0.25, -0.2) is 13.4 Å². The van der Waals surface area contributed by atoms with Crippen molar-refractivity contribution in [1.82, 2.24) is 4.98 Å². The van der Waals surface area contributed by atoms with Crippen molar-refractivity contribution in [3.8, 4) is 28.5 Å². The quantitative estimate of drug-likeness (QED) is 0.220. The molecule has 5 aromatic rings. The van der Waals surface area contributed by atoms with E-state index in [1.54, 1.807) is 53.9 Å². The number of carbonyl (C=O) groups excluding carboxylic acids is 1. The van der Waals surface area contributed by atoms with Crippen LogP contribution in [0.1, 0.15) is 10.4 Å². The van der Waals surface area contributed by atoms with Crippen molar-refractivity contribution in [3.63, 3.8) is 0 Å². The summed E-state index contributed by atoms with van der Waals surface area (Å²) in [6.45, 7) is 0. The Bertz CT molecular complexity index is 1780. The second kappa shape index (κ2) is 11.2. The number of anilines is 2. The van der Waals surface area contributed by atoms with Crippen molar-refractivity contribution in [2.45, 2.75) is 4.21 Å². The minimum absolute atomic E-state index is 0.170. The topological polar surface area (TPSA) is 116 Å².